The Bertz CT molecular complexity index is 444. The number of nitrogens with zero attached hydrogens (tertiary/aromatic N) is 1. The van der Waals surface area contributed by atoms with Gasteiger partial charge in [0.05, 0.1) is 0 Å². The van der Waals surface area contributed by atoms with Crippen LogP contribution in [0.4, 0.5) is 8.78 Å². The molecule has 0 aliphatic carbocycles. The molecule has 0 amide bonds. The van der Waals surface area contributed by atoms with Crippen molar-refractivity contribution in [1.82, 2.24) is 10.2 Å². The monoisotopic (exact) mass is 266 g/mol. The Labute approximate surface area is 112 Å². The van der Waals surface area contributed by atoms with Crippen molar-refractivity contribution in [2.75, 3.05) is 13.1 Å². The van der Waals surface area contributed by atoms with Crippen molar-refractivity contribution in [1.29, 1.82) is 0 Å². The Kier molecular flexibility index (Phi) is 3.80. The van der Waals surface area contributed by atoms with Crippen LogP contribution < -0.4 is 5.32 Å². The first-order valence-corrected chi connectivity index (χ1v) is 7.16. The van der Waals surface area contributed by atoms with Gasteiger partial charge in [-0.2, -0.15) is 0 Å². The highest BCUT2D eigenvalue weighted by atomic mass is 19.2. The van der Waals surface area contributed by atoms with Gasteiger partial charge in [-0.05, 0) is 44.8 Å². The summed E-state index contributed by atoms with van der Waals surface area (Å²) in [5, 5.41) is 3.53. The van der Waals surface area contributed by atoms with E-state index in [9.17, 15) is 8.78 Å². The van der Waals surface area contributed by atoms with Crippen LogP contribution in [0.1, 0.15) is 31.2 Å². The van der Waals surface area contributed by atoms with Gasteiger partial charge in [0.15, 0.2) is 11.6 Å². The Hall–Kier alpha value is -1.00. The minimum absolute atomic E-state index is 0.477. The maximum Gasteiger partial charge on any atom is 0.163 e. The average Bonchev–Trinajstić information content (AvgIpc) is 3.05. The molecule has 0 spiro atoms. The molecule has 2 heterocycles. The van der Waals surface area contributed by atoms with E-state index in [4.69, 9.17) is 0 Å². The second-order valence-corrected chi connectivity index (χ2v) is 5.60. The van der Waals surface area contributed by atoms with Crippen LogP contribution in [0, 0.1) is 11.6 Å². The summed E-state index contributed by atoms with van der Waals surface area (Å²) >= 11 is 0. The van der Waals surface area contributed by atoms with Crippen LogP contribution in [0.3, 0.4) is 0 Å². The molecular formula is C15H20F2N2. The average molecular weight is 266 g/mol. The molecule has 0 radical (unpaired) electrons. The van der Waals surface area contributed by atoms with Crippen LogP contribution >= 0.6 is 0 Å². The first-order chi connectivity index (χ1) is 9.25. The number of hydrogen-bond acceptors (Lipinski definition) is 2. The third-order valence-electron chi connectivity index (χ3n) is 4.38. The standard InChI is InChI=1S/C15H20F2N2/c16-12-5-1-4-11(15(12)17)10-19-9-3-7-14(19)13-6-2-8-18-13/h1,4-5,13-14,18H,2-3,6-10H2. The topological polar surface area (TPSA) is 15.3 Å². The minimum atomic E-state index is -0.743. The van der Waals surface area contributed by atoms with Crippen molar-refractivity contribution < 1.29 is 8.78 Å². The smallest absolute Gasteiger partial charge is 0.163 e. The molecule has 104 valence electrons. The van der Waals surface area contributed by atoms with Gasteiger partial charge >= 0.3 is 0 Å². The molecule has 1 aromatic carbocycles. The Morgan fingerprint density at radius 1 is 1.21 bits per heavy atom. The maximum atomic E-state index is 13.7. The molecule has 0 aromatic heterocycles. The molecule has 2 aliphatic heterocycles. The molecule has 2 unspecified atom stereocenters. The van der Waals surface area contributed by atoms with Crippen molar-refractivity contribution in [2.24, 2.45) is 0 Å². The first-order valence-electron chi connectivity index (χ1n) is 7.16. The van der Waals surface area contributed by atoms with E-state index in [1.807, 2.05) is 0 Å². The highest BCUT2D eigenvalue weighted by Gasteiger charge is 2.33. The van der Waals surface area contributed by atoms with Gasteiger partial charge in [-0.25, -0.2) is 8.78 Å². The molecule has 2 nitrogen and oxygen atoms in total. The summed E-state index contributed by atoms with van der Waals surface area (Å²) in [5.41, 5.74) is 0.477. The van der Waals surface area contributed by atoms with E-state index in [0.717, 1.165) is 25.9 Å². The van der Waals surface area contributed by atoms with E-state index >= 15 is 0 Å². The van der Waals surface area contributed by atoms with Gasteiger partial charge in [-0.3, -0.25) is 4.90 Å². The molecule has 2 fully saturated rings. The zero-order valence-corrected chi connectivity index (χ0v) is 11.0. The number of hydrogen-bond donors (Lipinski definition) is 1. The van der Waals surface area contributed by atoms with Crippen LogP contribution in [0.25, 0.3) is 0 Å². The van der Waals surface area contributed by atoms with Crippen molar-refractivity contribution in [2.45, 2.75) is 44.3 Å². The maximum absolute atomic E-state index is 13.7. The molecule has 4 heteroatoms. The summed E-state index contributed by atoms with van der Waals surface area (Å²) in [6.45, 7) is 2.59. The van der Waals surface area contributed by atoms with Crippen LogP contribution in [-0.4, -0.2) is 30.1 Å². The highest BCUT2D eigenvalue weighted by molar-refractivity contribution is 5.19. The van der Waals surface area contributed by atoms with E-state index in [1.165, 1.54) is 18.9 Å². The van der Waals surface area contributed by atoms with Crippen molar-refractivity contribution in [3.63, 3.8) is 0 Å². The summed E-state index contributed by atoms with van der Waals surface area (Å²) < 4.78 is 27.0. The summed E-state index contributed by atoms with van der Waals surface area (Å²) in [6, 6.07) is 5.46. The number of halogens is 2. The molecule has 1 N–H and O–H groups in total. The van der Waals surface area contributed by atoms with E-state index in [2.05, 4.69) is 10.2 Å². The Morgan fingerprint density at radius 2 is 2.11 bits per heavy atom. The predicted molar refractivity (Wildman–Crippen MR) is 70.8 cm³/mol. The zero-order chi connectivity index (χ0) is 13.2. The van der Waals surface area contributed by atoms with Gasteiger partial charge in [-0.15, -0.1) is 0 Å². The SMILES string of the molecule is Fc1cccc(CN2CCCC2C2CCCN2)c1F. The Morgan fingerprint density at radius 3 is 2.89 bits per heavy atom. The number of nitrogens with one attached hydrogen (secondary N) is 1. The normalized spacial score (nSPS) is 28.1. The molecule has 2 atom stereocenters. The van der Waals surface area contributed by atoms with E-state index in [0.29, 0.717) is 24.2 Å². The van der Waals surface area contributed by atoms with Gasteiger partial charge in [0.25, 0.3) is 0 Å². The van der Waals surface area contributed by atoms with Crippen LogP contribution in [0.2, 0.25) is 0 Å². The minimum Gasteiger partial charge on any atom is -0.312 e. The highest BCUT2D eigenvalue weighted by Crippen LogP contribution is 2.27. The molecule has 1 aromatic rings. The van der Waals surface area contributed by atoms with E-state index in [1.54, 1.807) is 12.1 Å². The van der Waals surface area contributed by atoms with Gasteiger partial charge in [0, 0.05) is 24.2 Å². The van der Waals surface area contributed by atoms with Gasteiger partial charge < -0.3 is 5.32 Å². The fraction of sp³-hybridized carbons (Fsp3) is 0.600. The van der Waals surface area contributed by atoms with Gasteiger partial charge in [0.1, 0.15) is 0 Å². The second-order valence-electron chi connectivity index (χ2n) is 5.60. The second kappa shape index (κ2) is 5.55. The molecule has 19 heavy (non-hydrogen) atoms. The molecular weight excluding hydrogens is 246 g/mol. The van der Waals surface area contributed by atoms with Crippen LogP contribution in [0.5, 0.6) is 0 Å². The summed E-state index contributed by atoms with van der Waals surface area (Å²) in [6.07, 6.45) is 4.74. The third-order valence-corrected chi connectivity index (χ3v) is 4.38. The zero-order valence-electron chi connectivity index (χ0n) is 11.0. The quantitative estimate of drug-likeness (QED) is 0.905. The molecule has 0 bridgehead atoms. The lowest BCUT2D eigenvalue weighted by Crippen LogP contribution is -2.43. The fourth-order valence-corrected chi connectivity index (χ4v) is 3.43. The van der Waals surface area contributed by atoms with Crippen molar-refractivity contribution in [3.8, 4) is 0 Å². The largest absolute Gasteiger partial charge is 0.312 e. The predicted octanol–water partition coefficient (Wildman–Crippen LogP) is 2.68. The molecule has 2 saturated heterocycles. The van der Waals surface area contributed by atoms with Crippen LogP contribution in [0.15, 0.2) is 18.2 Å². The Balaban J connectivity index is 1.72. The third kappa shape index (κ3) is 2.65. The number of rotatable bonds is 3. The summed E-state index contributed by atoms with van der Waals surface area (Å²) in [7, 11) is 0. The number of likely N-dealkylation sites (tertiary alicyclic amines) is 1. The fourth-order valence-electron chi connectivity index (χ4n) is 3.43. The first kappa shape index (κ1) is 13.0. The molecule has 2 aliphatic rings. The number of benzene rings is 1. The van der Waals surface area contributed by atoms with Crippen LogP contribution in [-0.2, 0) is 6.54 Å². The van der Waals surface area contributed by atoms with Crippen molar-refractivity contribution in [3.05, 3.63) is 35.4 Å². The lowest BCUT2D eigenvalue weighted by atomic mass is 10.0. The lowest BCUT2D eigenvalue weighted by molar-refractivity contribution is 0.203. The molecule has 3 rings (SSSR count). The van der Waals surface area contributed by atoms with Gasteiger partial charge in [-0.1, -0.05) is 12.1 Å². The van der Waals surface area contributed by atoms with Crippen molar-refractivity contribution >= 4 is 0 Å². The summed E-state index contributed by atoms with van der Waals surface area (Å²) in [4.78, 5) is 2.31. The van der Waals surface area contributed by atoms with E-state index in [-0.39, 0.29) is 0 Å². The molecule has 0 saturated carbocycles. The van der Waals surface area contributed by atoms with E-state index < -0.39 is 11.6 Å². The summed E-state index contributed by atoms with van der Waals surface area (Å²) in [5.74, 6) is -1.43. The van der Waals surface area contributed by atoms with Gasteiger partial charge in [0.2, 0.25) is 0 Å². The lowest BCUT2D eigenvalue weighted by Gasteiger charge is -2.29.